The number of fused-ring (bicyclic) bond motifs is 3. The predicted octanol–water partition coefficient (Wildman–Crippen LogP) is 2.11. The van der Waals surface area contributed by atoms with Gasteiger partial charge < -0.3 is 9.84 Å². The summed E-state index contributed by atoms with van der Waals surface area (Å²) >= 11 is 0. The minimum atomic E-state index is -1.18. The summed E-state index contributed by atoms with van der Waals surface area (Å²) in [5.41, 5.74) is 1.68. The van der Waals surface area contributed by atoms with Crippen LogP contribution in [0.2, 0.25) is 0 Å². The molecule has 0 saturated carbocycles. The Bertz CT molecular complexity index is 638. The summed E-state index contributed by atoms with van der Waals surface area (Å²) in [7, 11) is 0. The van der Waals surface area contributed by atoms with Crippen molar-refractivity contribution in [1.82, 2.24) is 0 Å². The predicted molar refractivity (Wildman–Crippen MR) is 68.7 cm³/mol. The summed E-state index contributed by atoms with van der Waals surface area (Å²) in [5.74, 6) is -0.846. The van der Waals surface area contributed by atoms with Crippen LogP contribution in [-0.4, -0.2) is 23.5 Å². The number of aliphatic carboxylic acids is 1. The Balaban J connectivity index is 2.29. The number of rotatable bonds is 1. The Morgan fingerprint density at radius 1 is 1.37 bits per heavy atom. The third kappa shape index (κ3) is 1.59. The van der Waals surface area contributed by atoms with Crippen LogP contribution < -0.4 is 4.74 Å². The first kappa shape index (κ1) is 12.0. The first-order valence-corrected chi connectivity index (χ1v) is 6.22. The summed E-state index contributed by atoms with van der Waals surface area (Å²) < 4.78 is 5.65. The fourth-order valence-corrected chi connectivity index (χ4v) is 2.88. The zero-order valence-corrected chi connectivity index (χ0v) is 10.8. The maximum atomic E-state index is 12.2. The molecule has 0 bridgehead atoms. The summed E-state index contributed by atoms with van der Waals surface area (Å²) in [6.07, 6.45) is 2.37. The summed E-state index contributed by atoms with van der Waals surface area (Å²) in [6.45, 7) is 4.43. The lowest BCUT2D eigenvalue weighted by molar-refractivity contribution is -0.132. The van der Waals surface area contributed by atoms with Gasteiger partial charge in [0.1, 0.15) is 11.3 Å². The molecule has 0 aromatic heterocycles. The van der Waals surface area contributed by atoms with Crippen LogP contribution in [0.25, 0.3) is 0 Å². The normalized spacial score (nSPS) is 19.3. The van der Waals surface area contributed by atoms with Crippen LogP contribution in [0.3, 0.4) is 0 Å². The summed E-state index contributed by atoms with van der Waals surface area (Å²) in [6, 6.07) is 3.59. The van der Waals surface area contributed by atoms with Crippen LogP contribution in [0.5, 0.6) is 5.75 Å². The van der Waals surface area contributed by atoms with Crippen LogP contribution in [0, 0.1) is 0 Å². The Hall–Kier alpha value is -2.10. The third-order valence-corrected chi connectivity index (χ3v) is 3.73. The zero-order valence-electron chi connectivity index (χ0n) is 10.8. The minimum Gasteiger partial charge on any atom is -0.493 e. The van der Waals surface area contributed by atoms with Gasteiger partial charge in [-0.1, -0.05) is 32.1 Å². The Morgan fingerprint density at radius 2 is 2.11 bits per heavy atom. The van der Waals surface area contributed by atoms with Crippen molar-refractivity contribution < 1.29 is 19.4 Å². The van der Waals surface area contributed by atoms with Gasteiger partial charge in [-0.2, -0.15) is 0 Å². The quantitative estimate of drug-likeness (QED) is 0.783. The van der Waals surface area contributed by atoms with E-state index < -0.39 is 17.2 Å². The Morgan fingerprint density at radius 3 is 2.79 bits per heavy atom. The molecule has 0 fully saturated rings. The molecular weight excluding hydrogens is 244 g/mol. The fourth-order valence-electron chi connectivity index (χ4n) is 2.88. The highest BCUT2D eigenvalue weighted by Crippen LogP contribution is 2.44. The van der Waals surface area contributed by atoms with E-state index in [1.54, 1.807) is 6.07 Å². The molecule has 0 atom stereocenters. The van der Waals surface area contributed by atoms with E-state index in [4.69, 9.17) is 9.84 Å². The molecule has 2 aliphatic rings. The van der Waals surface area contributed by atoms with E-state index in [1.807, 2.05) is 19.9 Å². The SMILES string of the molecule is CC1(C)C=C(C(=O)O)C(=O)c2ccc3c(c21)OCC3. The number of Topliss-reactive ketones (excluding diaryl/α,β-unsaturated/α-hetero) is 1. The van der Waals surface area contributed by atoms with Gasteiger partial charge in [-0.05, 0) is 5.56 Å². The fraction of sp³-hybridized carbons (Fsp3) is 0.333. The Labute approximate surface area is 110 Å². The number of hydrogen-bond donors (Lipinski definition) is 1. The van der Waals surface area contributed by atoms with Crippen molar-refractivity contribution in [2.45, 2.75) is 25.7 Å². The molecule has 3 rings (SSSR count). The molecule has 1 aliphatic carbocycles. The summed E-state index contributed by atoms with van der Waals surface area (Å²) in [5, 5.41) is 9.14. The highest BCUT2D eigenvalue weighted by atomic mass is 16.5. The first-order chi connectivity index (χ1) is 8.92. The lowest BCUT2D eigenvalue weighted by atomic mass is 9.73. The van der Waals surface area contributed by atoms with E-state index in [1.165, 1.54) is 6.08 Å². The first-order valence-electron chi connectivity index (χ1n) is 6.22. The second-order valence-corrected chi connectivity index (χ2v) is 5.49. The van der Waals surface area contributed by atoms with Crippen molar-refractivity contribution >= 4 is 11.8 Å². The average Bonchev–Trinajstić information content (AvgIpc) is 2.80. The van der Waals surface area contributed by atoms with Crippen molar-refractivity contribution in [3.8, 4) is 5.75 Å². The number of carboxylic acids is 1. The number of hydrogen-bond acceptors (Lipinski definition) is 3. The molecule has 4 nitrogen and oxygen atoms in total. The molecule has 0 unspecified atom stereocenters. The number of carboxylic acid groups (broad SMARTS) is 1. The van der Waals surface area contributed by atoms with Crippen LogP contribution in [0.1, 0.15) is 35.3 Å². The largest absolute Gasteiger partial charge is 0.493 e. The topological polar surface area (TPSA) is 63.6 Å². The van der Waals surface area contributed by atoms with Gasteiger partial charge in [-0.25, -0.2) is 4.79 Å². The molecular formula is C15H14O4. The number of ether oxygens (including phenoxy) is 1. The molecule has 1 N–H and O–H groups in total. The maximum absolute atomic E-state index is 12.2. The molecule has 0 amide bonds. The monoisotopic (exact) mass is 258 g/mol. The average molecular weight is 258 g/mol. The van der Waals surface area contributed by atoms with Gasteiger partial charge in [0, 0.05) is 23.0 Å². The van der Waals surface area contributed by atoms with Crippen LogP contribution in [0.15, 0.2) is 23.8 Å². The van der Waals surface area contributed by atoms with E-state index in [0.717, 1.165) is 23.3 Å². The lowest BCUT2D eigenvalue weighted by Gasteiger charge is -2.30. The van der Waals surface area contributed by atoms with Crippen molar-refractivity contribution in [3.05, 3.63) is 40.5 Å². The van der Waals surface area contributed by atoms with Crippen LogP contribution >= 0.6 is 0 Å². The van der Waals surface area contributed by atoms with Crippen LogP contribution in [0.4, 0.5) is 0 Å². The number of carbonyl (C=O) groups is 2. The van der Waals surface area contributed by atoms with Gasteiger partial charge in [0.15, 0.2) is 5.78 Å². The number of ketones is 1. The van der Waals surface area contributed by atoms with Gasteiger partial charge in [-0.3, -0.25) is 4.79 Å². The lowest BCUT2D eigenvalue weighted by Crippen LogP contribution is -2.29. The molecule has 19 heavy (non-hydrogen) atoms. The van der Waals surface area contributed by atoms with E-state index in [0.29, 0.717) is 12.2 Å². The van der Waals surface area contributed by atoms with Gasteiger partial charge in [-0.15, -0.1) is 0 Å². The smallest absolute Gasteiger partial charge is 0.339 e. The number of allylic oxidation sites excluding steroid dienone is 1. The van der Waals surface area contributed by atoms with Crippen molar-refractivity contribution in [1.29, 1.82) is 0 Å². The van der Waals surface area contributed by atoms with E-state index in [9.17, 15) is 9.59 Å². The van der Waals surface area contributed by atoms with Gasteiger partial charge in [0.05, 0.1) is 6.61 Å². The molecule has 0 radical (unpaired) electrons. The summed E-state index contributed by atoms with van der Waals surface area (Å²) in [4.78, 5) is 23.4. The molecule has 1 aromatic rings. The van der Waals surface area contributed by atoms with Crippen LogP contribution in [-0.2, 0) is 16.6 Å². The highest BCUT2D eigenvalue weighted by Gasteiger charge is 2.38. The van der Waals surface area contributed by atoms with E-state index in [2.05, 4.69) is 0 Å². The number of benzene rings is 1. The standard InChI is InChI=1S/C15H14O4/c1-15(2)7-10(14(17)18)12(16)9-4-3-8-5-6-19-13(8)11(9)15/h3-4,7H,5-6H2,1-2H3,(H,17,18). The maximum Gasteiger partial charge on any atom is 0.339 e. The highest BCUT2D eigenvalue weighted by molar-refractivity contribution is 6.25. The molecule has 1 heterocycles. The van der Waals surface area contributed by atoms with Gasteiger partial charge in [0.2, 0.25) is 0 Å². The van der Waals surface area contributed by atoms with Gasteiger partial charge in [0.25, 0.3) is 0 Å². The molecule has 1 aromatic carbocycles. The van der Waals surface area contributed by atoms with E-state index >= 15 is 0 Å². The molecule has 4 heteroatoms. The van der Waals surface area contributed by atoms with Gasteiger partial charge >= 0.3 is 5.97 Å². The van der Waals surface area contributed by atoms with Crippen molar-refractivity contribution in [2.24, 2.45) is 0 Å². The zero-order chi connectivity index (χ0) is 13.8. The van der Waals surface area contributed by atoms with E-state index in [-0.39, 0.29) is 5.57 Å². The molecule has 0 saturated heterocycles. The minimum absolute atomic E-state index is 0.157. The molecule has 0 spiro atoms. The molecule has 98 valence electrons. The molecule has 1 aliphatic heterocycles. The third-order valence-electron chi connectivity index (χ3n) is 3.73. The second kappa shape index (κ2) is 3.70. The number of carbonyl (C=O) groups excluding carboxylic acids is 1. The second-order valence-electron chi connectivity index (χ2n) is 5.49. The van der Waals surface area contributed by atoms with Crippen molar-refractivity contribution in [3.63, 3.8) is 0 Å². The van der Waals surface area contributed by atoms with Crippen molar-refractivity contribution in [2.75, 3.05) is 6.61 Å². The Kier molecular flexibility index (Phi) is 2.33.